The molecule has 6 nitrogen and oxygen atoms in total. The van der Waals surface area contributed by atoms with Gasteiger partial charge in [0.15, 0.2) is 9.54 Å². The van der Waals surface area contributed by atoms with E-state index in [-0.39, 0.29) is 75.4 Å². The number of imidazole rings is 2. The van der Waals surface area contributed by atoms with Gasteiger partial charge in [0.05, 0.1) is 35.3 Å². The zero-order valence-electron chi connectivity index (χ0n) is 16.1. The number of H-pyrrole nitrogens is 4. The van der Waals surface area contributed by atoms with E-state index in [2.05, 4.69) is 19.9 Å². The standard InChI is InChI=1S/2C9H10N2OS.3BrH.Sb/c2*1-2-12-6-3-4-7-8(5-6)11-9(13)10-7;;;;/h2*3-5H,2H2,1H3,(H2,10,11,13);3*1H;/q;;;;;+3/p-3. The van der Waals surface area contributed by atoms with Gasteiger partial charge in [0.1, 0.15) is 11.5 Å². The molecular weight excluding hydrogens is 730 g/mol. The van der Waals surface area contributed by atoms with Gasteiger partial charge in [0.25, 0.3) is 0 Å². The van der Waals surface area contributed by atoms with Gasteiger partial charge in [-0.3, -0.25) is 0 Å². The Bertz CT molecular complexity index is 1050. The maximum Gasteiger partial charge on any atom is 3.00 e. The Kier molecular flexibility index (Phi) is 16.4. The topological polar surface area (TPSA) is 81.6 Å². The quantitative estimate of drug-likeness (QED) is 0.127. The molecule has 0 saturated carbocycles. The predicted molar refractivity (Wildman–Crippen MR) is 115 cm³/mol. The van der Waals surface area contributed by atoms with Crippen molar-refractivity contribution in [2.45, 2.75) is 13.8 Å². The zero-order chi connectivity index (χ0) is 18.5. The van der Waals surface area contributed by atoms with Crippen molar-refractivity contribution in [1.29, 1.82) is 0 Å². The molecule has 0 fully saturated rings. The Morgan fingerprint density at radius 2 is 0.967 bits per heavy atom. The van der Waals surface area contributed by atoms with Crippen LogP contribution in [0.4, 0.5) is 0 Å². The first-order valence-electron chi connectivity index (χ1n) is 8.28. The molecule has 0 atom stereocenters. The molecule has 2 radical (unpaired) electrons. The van der Waals surface area contributed by atoms with Crippen molar-refractivity contribution < 1.29 is 60.4 Å². The molecule has 4 N–H and O–H groups in total. The summed E-state index contributed by atoms with van der Waals surface area (Å²) in [5.74, 6) is 1.72. The average molecular weight is 750 g/mol. The van der Waals surface area contributed by atoms with Crippen molar-refractivity contribution in [2.75, 3.05) is 13.2 Å². The third kappa shape index (κ3) is 8.67. The molecule has 0 saturated heterocycles. The SMILES string of the molecule is CCOc1ccc2[nH]c(=S)[nH]c2c1.CCOc1ccc2[nH]c(=S)[nH]c2c1.[Br-].[Br-].[Br-].[Sb+3]. The predicted octanol–water partition coefficient (Wildman–Crippen LogP) is -4.12. The van der Waals surface area contributed by atoms with Crippen LogP contribution in [0.25, 0.3) is 22.1 Å². The van der Waals surface area contributed by atoms with Crippen LogP contribution in [0.5, 0.6) is 11.5 Å². The van der Waals surface area contributed by atoms with E-state index in [9.17, 15) is 0 Å². The maximum atomic E-state index is 5.36. The van der Waals surface area contributed by atoms with Crippen molar-refractivity contribution in [3.05, 3.63) is 45.9 Å². The molecule has 4 rings (SSSR count). The summed E-state index contributed by atoms with van der Waals surface area (Å²) in [5.41, 5.74) is 3.98. The third-order valence-electron chi connectivity index (χ3n) is 3.60. The van der Waals surface area contributed by atoms with Crippen LogP contribution in [0.2, 0.25) is 0 Å². The van der Waals surface area contributed by atoms with Crippen LogP contribution >= 0.6 is 24.4 Å². The molecule has 0 amide bonds. The van der Waals surface area contributed by atoms with Crippen LogP contribution in [-0.2, 0) is 0 Å². The fourth-order valence-electron chi connectivity index (χ4n) is 2.54. The Morgan fingerprint density at radius 1 is 0.633 bits per heavy atom. The number of hydrogen-bond donors (Lipinski definition) is 4. The van der Waals surface area contributed by atoms with Crippen molar-refractivity contribution in [2.24, 2.45) is 0 Å². The van der Waals surface area contributed by atoms with Gasteiger partial charge in [-0.05, 0) is 62.5 Å². The van der Waals surface area contributed by atoms with E-state index in [0.29, 0.717) is 22.8 Å². The van der Waals surface area contributed by atoms with Crippen molar-refractivity contribution in [3.8, 4) is 11.5 Å². The molecular formula is C18H20Br3N4O2S2Sb. The van der Waals surface area contributed by atoms with Crippen LogP contribution in [0.15, 0.2) is 36.4 Å². The third-order valence-corrected chi connectivity index (χ3v) is 4.01. The minimum Gasteiger partial charge on any atom is -1.00 e. The largest absolute Gasteiger partial charge is 3.00 e. The fourth-order valence-corrected chi connectivity index (χ4v) is 2.98. The molecule has 2 aromatic heterocycles. The fraction of sp³-hybridized carbons (Fsp3) is 0.222. The second-order valence-electron chi connectivity index (χ2n) is 5.44. The smallest absolute Gasteiger partial charge is 1.00 e. The van der Waals surface area contributed by atoms with Crippen molar-refractivity contribution in [1.82, 2.24) is 19.9 Å². The van der Waals surface area contributed by atoms with Gasteiger partial charge < -0.3 is 80.4 Å². The summed E-state index contributed by atoms with van der Waals surface area (Å²) in [6, 6.07) is 11.6. The van der Waals surface area contributed by atoms with Crippen molar-refractivity contribution >= 4 is 70.9 Å². The Balaban J connectivity index is 0. The normalized spacial score (nSPS) is 9.13. The molecule has 12 heteroatoms. The number of hydrogen-bond acceptors (Lipinski definition) is 4. The molecule has 0 bridgehead atoms. The van der Waals surface area contributed by atoms with Gasteiger partial charge in [0.2, 0.25) is 0 Å². The number of rotatable bonds is 4. The summed E-state index contributed by atoms with van der Waals surface area (Å²) >= 11 is 9.94. The summed E-state index contributed by atoms with van der Waals surface area (Å²) in [5, 5.41) is 0. The maximum absolute atomic E-state index is 5.36. The van der Waals surface area contributed by atoms with E-state index in [1.165, 1.54) is 0 Å². The molecule has 2 heterocycles. The Labute approximate surface area is 233 Å². The van der Waals surface area contributed by atoms with Crippen LogP contribution in [0, 0.1) is 9.54 Å². The first-order chi connectivity index (χ1) is 12.6. The number of fused-ring (bicyclic) bond motifs is 2. The second kappa shape index (κ2) is 15.5. The number of aromatic amines is 4. The Hall–Kier alpha value is -0.322. The molecule has 2 aromatic carbocycles. The summed E-state index contributed by atoms with van der Waals surface area (Å²) in [6.07, 6.45) is 0. The summed E-state index contributed by atoms with van der Waals surface area (Å²) in [7, 11) is 0. The molecule has 162 valence electrons. The van der Waals surface area contributed by atoms with E-state index < -0.39 is 0 Å². The second-order valence-corrected chi connectivity index (χ2v) is 6.26. The van der Waals surface area contributed by atoms with Gasteiger partial charge in [-0.2, -0.15) is 0 Å². The van der Waals surface area contributed by atoms with E-state index in [1.807, 2.05) is 50.2 Å². The van der Waals surface area contributed by atoms with E-state index in [0.717, 1.165) is 33.6 Å². The zero-order valence-corrected chi connectivity index (χ0v) is 25.0. The molecule has 4 aromatic rings. The molecule has 30 heavy (non-hydrogen) atoms. The molecule has 0 spiro atoms. The first-order valence-corrected chi connectivity index (χ1v) is 9.10. The number of aromatic nitrogens is 4. The van der Waals surface area contributed by atoms with Crippen LogP contribution < -0.4 is 60.4 Å². The van der Waals surface area contributed by atoms with Crippen LogP contribution in [0.1, 0.15) is 13.8 Å². The summed E-state index contributed by atoms with van der Waals surface area (Å²) in [6.45, 7) is 5.28. The molecule has 0 aliphatic rings. The molecule has 0 unspecified atom stereocenters. The van der Waals surface area contributed by atoms with Gasteiger partial charge in [-0.1, -0.05) is 0 Å². The van der Waals surface area contributed by atoms with Gasteiger partial charge in [0, 0.05) is 12.1 Å². The first kappa shape index (κ1) is 31.9. The number of halogens is 3. The van der Waals surface area contributed by atoms with Crippen LogP contribution in [-0.4, -0.2) is 57.6 Å². The van der Waals surface area contributed by atoms with Crippen molar-refractivity contribution in [3.63, 3.8) is 0 Å². The van der Waals surface area contributed by atoms with E-state index in [4.69, 9.17) is 33.9 Å². The van der Waals surface area contributed by atoms with E-state index >= 15 is 0 Å². The minimum atomic E-state index is 0. The molecule has 0 aliphatic carbocycles. The van der Waals surface area contributed by atoms with Gasteiger partial charge in [-0.15, -0.1) is 0 Å². The Morgan fingerprint density at radius 3 is 1.30 bits per heavy atom. The monoisotopic (exact) mass is 746 g/mol. The number of ether oxygens (including phenoxy) is 2. The summed E-state index contributed by atoms with van der Waals surface area (Å²) < 4.78 is 12.0. The molecule has 0 aliphatic heterocycles. The van der Waals surface area contributed by atoms with E-state index in [1.54, 1.807) is 0 Å². The van der Waals surface area contributed by atoms with Crippen LogP contribution in [0.3, 0.4) is 0 Å². The number of nitrogens with one attached hydrogen (secondary N) is 4. The number of benzene rings is 2. The van der Waals surface area contributed by atoms with Gasteiger partial charge >= 0.3 is 24.4 Å². The van der Waals surface area contributed by atoms with Gasteiger partial charge in [-0.25, -0.2) is 0 Å². The minimum absolute atomic E-state index is 0. The summed E-state index contributed by atoms with van der Waals surface area (Å²) in [4.78, 5) is 12.1. The average Bonchev–Trinajstić information content (AvgIpc) is 3.15.